The second-order valence-electron chi connectivity index (χ2n) is 11.0. The summed E-state index contributed by atoms with van der Waals surface area (Å²) in [6.45, 7) is 6.60. The van der Waals surface area contributed by atoms with Crippen molar-refractivity contribution < 1.29 is 18.7 Å². The molecule has 0 radical (unpaired) electrons. The van der Waals surface area contributed by atoms with E-state index in [9.17, 15) is 18.8 Å². The van der Waals surface area contributed by atoms with Crippen molar-refractivity contribution in [2.75, 3.05) is 39.1 Å². The van der Waals surface area contributed by atoms with Gasteiger partial charge in [-0.05, 0) is 64.0 Å². The number of aromatic nitrogens is 2. The van der Waals surface area contributed by atoms with Gasteiger partial charge in [0.05, 0.1) is 28.6 Å². The van der Waals surface area contributed by atoms with Crippen LogP contribution in [0.3, 0.4) is 0 Å². The predicted molar refractivity (Wildman–Crippen MR) is 160 cm³/mol. The summed E-state index contributed by atoms with van der Waals surface area (Å²) in [6, 6.07) is 11.6. The zero-order valence-electron chi connectivity index (χ0n) is 24.5. The molecular weight excluding hydrogens is 549 g/mol. The van der Waals surface area contributed by atoms with Gasteiger partial charge < -0.3 is 20.3 Å². The van der Waals surface area contributed by atoms with Crippen LogP contribution in [0.1, 0.15) is 49.7 Å². The first kappa shape index (κ1) is 31.9. The normalized spacial score (nSPS) is 11.5. The maximum atomic E-state index is 13.9. The number of hydrogen-bond acceptors (Lipinski definition) is 5. The van der Waals surface area contributed by atoms with Gasteiger partial charge in [-0.25, -0.2) is 9.07 Å². The van der Waals surface area contributed by atoms with Crippen molar-refractivity contribution >= 4 is 29.1 Å². The summed E-state index contributed by atoms with van der Waals surface area (Å²) < 4.78 is 22.7. The lowest BCUT2D eigenvalue weighted by Gasteiger charge is -2.24. The van der Waals surface area contributed by atoms with E-state index >= 15 is 0 Å². The van der Waals surface area contributed by atoms with Gasteiger partial charge in [-0.3, -0.25) is 19.1 Å². The fraction of sp³-hybridized carbons (Fsp3) is 0.433. The van der Waals surface area contributed by atoms with Gasteiger partial charge in [-0.2, -0.15) is 0 Å². The fourth-order valence-electron chi connectivity index (χ4n) is 4.56. The number of benzene rings is 2. The maximum Gasteiger partial charge on any atom is 0.295 e. The van der Waals surface area contributed by atoms with E-state index in [-0.39, 0.29) is 53.1 Å². The average Bonchev–Trinajstić information content (AvgIpc) is 3.13. The van der Waals surface area contributed by atoms with E-state index in [4.69, 9.17) is 16.3 Å². The van der Waals surface area contributed by atoms with Crippen molar-refractivity contribution in [3.63, 3.8) is 0 Å². The van der Waals surface area contributed by atoms with Crippen LogP contribution in [-0.2, 0) is 18.3 Å². The summed E-state index contributed by atoms with van der Waals surface area (Å²) in [4.78, 5) is 41.8. The summed E-state index contributed by atoms with van der Waals surface area (Å²) in [6.07, 6.45) is 1.43. The third kappa shape index (κ3) is 8.20. The summed E-state index contributed by atoms with van der Waals surface area (Å²) in [5.41, 5.74) is 0.804. The molecule has 0 saturated carbocycles. The maximum absolute atomic E-state index is 13.9. The molecule has 9 nitrogen and oxygen atoms in total. The topological polar surface area (TPSA) is 97.6 Å². The van der Waals surface area contributed by atoms with Gasteiger partial charge in [0.1, 0.15) is 17.3 Å². The van der Waals surface area contributed by atoms with E-state index < -0.39 is 17.1 Å². The molecule has 2 aromatic carbocycles. The Labute approximate surface area is 245 Å². The first-order valence-corrected chi connectivity index (χ1v) is 13.9. The van der Waals surface area contributed by atoms with Gasteiger partial charge in [-0.15, -0.1) is 0 Å². The van der Waals surface area contributed by atoms with Gasteiger partial charge in [0, 0.05) is 26.1 Å². The Morgan fingerprint density at radius 2 is 1.83 bits per heavy atom. The number of carbonyl (C=O) groups is 2. The SMILES string of the molecule is CCOc1cc(F)c(Cl)cc1C(=O)NCC(C)(C)CC(=O)Nc1c(CCCN(C)C)n(C)n(-c2ccccc2)c1=O. The monoisotopic (exact) mass is 587 g/mol. The Bertz CT molecular complexity index is 1430. The van der Waals surface area contributed by atoms with Gasteiger partial charge in [0.25, 0.3) is 11.5 Å². The highest BCUT2D eigenvalue weighted by atomic mass is 35.5. The molecule has 0 atom stereocenters. The number of ether oxygens (including phenoxy) is 1. The minimum absolute atomic E-state index is 0.0343. The number of carbonyl (C=O) groups excluding carboxylic acids is 2. The highest BCUT2D eigenvalue weighted by Gasteiger charge is 2.27. The number of nitrogens with zero attached hydrogens (tertiary/aromatic N) is 3. The van der Waals surface area contributed by atoms with Crippen LogP contribution in [0.5, 0.6) is 5.75 Å². The smallest absolute Gasteiger partial charge is 0.295 e. The van der Waals surface area contributed by atoms with E-state index in [1.165, 1.54) is 6.07 Å². The molecule has 3 aromatic rings. The van der Waals surface area contributed by atoms with Crippen LogP contribution < -0.4 is 20.9 Å². The van der Waals surface area contributed by atoms with Crippen LogP contribution in [0.25, 0.3) is 5.69 Å². The quantitative estimate of drug-likeness (QED) is 0.303. The second-order valence-corrected chi connectivity index (χ2v) is 11.4. The fourth-order valence-corrected chi connectivity index (χ4v) is 4.72. The molecular formula is C30H39ClFN5O4. The molecule has 0 spiro atoms. The molecule has 2 N–H and O–H groups in total. The standard InChI is InChI=1S/C30H39ClFN5O4/c1-7-41-25-17-23(32)22(31)16-21(25)28(39)33-19-30(2,3)18-26(38)34-27-24(14-11-15-35(4)5)36(6)37(29(27)40)20-12-9-8-10-13-20/h8-10,12-13,16-17H,7,11,14-15,18-19H2,1-6H3,(H,33,39)(H,34,38). The van der Waals surface area contributed by atoms with Crippen LogP contribution in [0.15, 0.2) is 47.3 Å². The molecule has 0 fully saturated rings. The van der Waals surface area contributed by atoms with E-state index in [2.05, 4.69) is 15.5 Å². The lowest BCUT2D eigenvalue weighted by atomic mass is 9.88. The average molecular weight is 588 g/mol. The molecule has 0 aliphatic heterocycles. The third-order valence-corrected chi connectivity index (χ3v) is 6.89. The van der Waals surface area contributed by atoms with E-state index in [1.54, 1.807) is 16.3 Å². The largest absolute Gasteiger partial charge is 0.493 e. The molecule has 0 bridgehead atoms. The summed E-state index contributed by atoms with van der Waals surface area (Å²) in [7, 11) is 5.78. The van der Waals surface area contributed by atoms with E-state index in [0.29, 0.717) is 12.1 Å². The molecule has 41 heavy (non-hydrogen) atoms. The van der Waals surface area contributed by atoms with Crippen molar-refractivity contribution in [3.8, 4) is 11.4 Å². The Morgan fingerprint density at radius 1 is 1.15 bits per heavy atom. The molecule has 3 rings (SSSR count). The number of amides is 2. The molecule has 222 valence electrons. The summed E-state index contributed by atoms with van der Waals surface area (Å²) in [5, 5.41) is 5.47. The van der Waals surface area contributed by atoms with Crippen LogP contribution in [-0.4, -0.2) is 59.9 Å². The van der Waals surface area contributed by atoms with Crippen LogP contribution in [0.2, 0.25) is 5.02 Å². The predicted octanol–water partition coefficient (Wildman–Crippen LogP) is 4.65. The molecule has 0 saturated heterocycles. The highest BCUT2D eigenvalue weighted by molar-refractivity contribution is 6.31. The van der Waals surface area contributed by atoms with Gasteiger partial charge in [-0.1, -0.05) is 43.6 Å². The third-order valence-electron chi connectivity index (χ3n) is 6.60. The molecule has 0 unspecified atom stereocenters. The van der Waals surface area contributed by atoms with E-state index in [1.807, 2.05) is 65.3 Å². The van der Waals surface area contributed by atoms with Crippen molar-refractivity contribution in [2.45, 2.75) is 40.0 Å². The number of para-hydroxylation sites is 1. The number of hydrogen-bond donors (Lipinski definition) is 2. The zero-order valence-corrected chi connectivity index (χ0v) is 25.3. The Morgan fingerprint density at radius 3 is 2.46 bits per heavy atom. The molecule has 11 heteroatoms. The van der Waals surface area contributed by atoms with Crippen molar-refractivity contribution in [1.29, 1.82) is 0 Å². The lowest BCUT2D eigenvalue weighted by Crippen LogP contribution is -2.37. The van der Waals surface area contributed by atoms with Crippen LogP contribution in [0.4, 0.5) is 10.1 Å². The molecule has 2 amide bonds. The van der Waals surface area contributed by atoms with Crippen LogP contribution in [0, 0.1) is 11.2 Å². The number of halogens is 2. The summed E-state index contributed by atoms with van der Waals surface area (Å²) in [5.74, 6) is -1.44. The number of nitrogens with one attached hydrogen (secondary N) is 2. The molecule has 1 heterocycles. The highest BCUT2D eigenvalue weighted by Crippen LogP contribution is 2.27. The number of anilines is 1. The Kier molecular flexibility index (Phi) is 10.8. The van der Waals surface area contributed by atoms with Crippen molar-refractivity contribution in [1.82, 2.24) is 19.6 Å². The number of rotatable bonds is 13. The first-order valence-electron chi connectivity index (χ1n) is 13.6. The van der Waals surface area contributed by atoms with Gasteiger partial charge >= 0.3 is 0 Å². The minimum Gasteiger partial charge on any atom is -0.493 e. The second kappa shape index (κ2) is 13.8. The van der Waals surface area contributed by atoms with Crippen molar-refractivity contribution in [3.05, 3.63) is 74.9 Å². The molecule has 1 aromatic heterocycles. The van der Waals surface area contributed by atoms with Crippen LogP contribution >= 0.6 is 11.6 Å². The Balaban J connectivity index is 1.77. The summed E-state index contributed by atoms with van der Waals surface area (Å²) >= 11 is 5.90. The van der Waals surface area contributed by atoms with E-state index in [0.717, 1.165) is 24.7 Å². The molecule has 0 aliphatic carbocycles. The minimum atomic E-state index is -0.683. The van der Waals surface area contributed by atoms with Crippen molar-refractivity contribution in [2.24, 2.45) is 12.5 Å². The lowest BCUT2D eigenvalue weighted by molar-refractivity contribution is -0.118. The Hall–Kier alpha value is -3.63. The van der Waals surface area contributed by atoms with Gasteiger partial charge in [0.15, 0.2) is 0 Å². The molecule has 0 aliphatic rings. The first-order chi connectivity index (χ1) is 19.3. The van der Waals surface area contributed by atoms with Gasteiger partial charge in [0.2, 0.25) is 5.91 Å². The zero-order chi connectivity index (χ0) is 30.3.